The maximum Gasteiger partial charge on any atom is 0.150 e. The molecule has 0 aliphatic heterocycles. The Kier molecular flexibility index (Phi) is 2.91. The van der Waals surface area contributed by atoms with E-state index in [-0.39, 0.29) is 5.82 Å². The average Bonchev–Trinajstić information content (AvgIpc) is 2.76. The van der Waals surface area contributed by atoms with Gasteiger partial charge in [0.05, 0.1) is 0 Å². The van der Waals surface area contributed by atoms with Gasteiger partial charge in [0.15, 0.2) is 0 Å². The lowest BCUT2D eigenvalue weighted by atomic mass is 10.1. The molecule has 3 heteroatoms. The number of hydrogen-bond donors (Lipinski definition) is 0. The van der Waals surface area contributed by atoms with Crippen molar-refractivity contribution in [3.05, 3.63) is 59.4 Å². The molecule has 0 atom stereocenters. The van der Waals surface area contributed by atoms with E-state index in [1.165, 1.54) is 6.07 Å². The molecule has 1 aromatic heterocycles. The summed E-state index contributed by atoms with van der Waals surface area (Å²) in [6.07, 6.45) is 0.839. The van der Waals surface area contributed by atoms with Gasteiger partial charge in [0.2, 0.25) is 0 Å². The van der Waals surface area contributed by atoms with Crippen LogP contribution in [0.1, 0.15) is 15.9 Å². The molecule has 0 saturated carbocycles. The molecule has 0 fully saturated rings. The highest BCUT2D eigenvalue weighted by atomic mass is 32.1. The van der Waals surface area contributed by atoms with Crippen molar-refractivity contribution < 1.29 is 9.18 Å². The minimum absolute atomic E-state index is 0.221. The largest absolute Gasteiger partial charge is 0.298 e. The molecule has 0 bridgehead atoms. The van der Waals surface area contributed by atoms with Gasteiger partial charge in [-0.05, 0) is 47.7 Å². The minimum Gasteiger partial charge on any atom is -0.298 e. The van der Waals surface area contributed by atoms with Crippen molar-refractivity contribution in [2.24, 2.45) is 0 Å². The lowest BCUT2D eigenvalue weighted by Crippen LogP contribution is -1.82. The molecule has 3 rings (SSSR count). The van der Waals surface area contributed by atoms with Gasteiger partial charge in [-0.3, -0.25) is 4.79 Å². The van der Waals surface area contributed by atoms with Gasteiger partial charge in [-0.2, -0.15) is 0 Å². The van der Waals surface area contributed by atoms with Crippen LogP contribution < -0.4 is 0 Å². The number of hydrogen-bond acceptors (Lipinski definition) is 2. The molecule has 1 heterocycles. The first-order valence-electron chi connectivity index (χ1n) is 5.93. The average molecular weight is 270 g/mol. The molecule has 1 nitrogen and oxygen atoms in total. The first-order chi connectivity index (χ1) is 9.19. The molecule has 0 N–H and O–H groups in total. The molecule has 0 aliphatic carbocycles. The molecular weight excluding hydrogens is 259 g/mol. The molecular formula is C16H11FOS. The van der Waals surface area contributed by atoms with E-state index in [4.69, 9.17) is 0 Å². The standard InChI is InChI=1S/C16H11FOS/c1-10-14-8-13(17)5-6-15(14)19-16(10)12-4-2-3-11(7-12)9-18/h2-9H,1H3. The van der Waals surface area contributed by atoms with Crippen LogP contribution in [0.4, 0.5) is 4.39 Å². The van der Waals surface area contributed by atoms with Crippen LogP contribution in [-0.4, -0.2) is 6.29 Å². The fourth-order valence-corrected chi connectivity index (χ4v) is 3.41. The number of benzene rings is 2. The van der Waals surface area contributed by atoms with Crippen LogP contribution in [0.5, 0.6) is 0 Å². The predicted molar refractivity (Wildman–Crippen MR) is 77.3 cm³/mol. The van der Waals surface area contributed by atoms with E-state index in [2.05, 4.69) is 0 Å². The van der Waals surface area contributed by atoms with Gasteiger partial charge >= 0.3 is 0 Å². The number of carbonyl (C=O) groups is 1. The minimum atomic E-state index is -0.221. The van der Waals surface area contributed by atoms with E-state index >= 15 is 0 Å². The third-order valence-corrected chi connectivity index (χ3v) is 4.51. The number of rotatable bonds is 2. The van der Waals surface area contributed by atoms with Crippen LogP contribution >= 0.6 is 11.3 Å². The van der Waals surface area contributed by atoms with Crippen molar-refractivity contribution in [3.8, 4) is 10.4 Å². The van der Waals surface area contributed by atoms with E-state index in [9.17, 15) is 9.18 Å². The number of fused-ring (bicyclic) bond motifs is 1. The van der Waals surface area contributed by atoms with Crippen LogP contribution in [0.3, 0.4) is 0 Å². The fourth-order valence-electron chi connectivity index (χ4n) is 2.22. The predicted octanol–water partition coefficient (Wildman–Crippen LogP) is 4.83. The van der Waals surface area contributed by atoms with Gasteiger partial charge in [-0.15, -0.1) is 11.3 Å². The SMILES string of the molecule is Cc1c(-c2cccc(C=O)c2)sc2ccc(F)cc12. The number of aryl methyl sites for hydroxylation is 1. The van der Waals surface area contributed by atoms with E-state index in [0.717, 1.165) is 32.4 Å². The Bertz CT molecular complexity index is 774. The molecule has 0 unspecified atom stereocenters. The van der Waals surface area contributed by atoms with Crippen molar-refractivity contribution >= 4 is 27.7 Å². The Hall–Kier alpha value is -2.00. The Morgan fingerprint density at radius 3 is 2.79 bits per heavy atom. The van der Waals surface area contributed by atoms with Gasteiger partial charge in [-0.1, -0.05) is 18.2 Å². The van der Waals surface area contributed by atoms with Gasteiger partial charge in [0.25, 0.3) is 0 Å². The van der Waals surface area contributed by atoms with E-state index in [1.807, 2.05) is 25.1 Å². The summed E-state index contributed by atoms with van der Waals surface area (Å²) in [6.45, 7) is 1.99. The highest BCUT2D eigenvalue weighted by Crippen LogP contribution is 2.38. The second-order valence-electron chi connectivity index (χ2n) is 4.44. The molecule has 0 amide bonds. The molecule has 0 spiro atoms. The fraction of sp³-hybridized carbons (Fsp3) is 0.0625. The van der Waals surface area contributed by atoms with Gasteiger partial charge in [-0.25, -0.2) is 4.39 Å². The molecule has 0 radical (unpaired) electrons. The lowest BCUT2D eigenvalue weighted by Gasteiger charge is -2.00. The summed E-state index contributed by atoms with van der Waals surface area (Å²) in [5.74, 6) is -0.221. The topological polar surface area (TPSA) is 17.1 Å². The Balaban J connectivity index is 2.24. The molecule has 2 aromatic carbocycles. The van der Waals surface area contributed by atoms with Crippen molar-refractivity contribution in [1.82, 2.24) is 0 Å². The zero-order valence-electron chi connectivity index (χ0n) is 10.3. The van der Waals surface area contributed by atoms with Crippen molar-refractivity contribution in [2.75, 3.05) is 0 Å². The van der Waals surface area contributed by atoms with Crippen molar-refractivity contribution in [1.29, 1.82) is 0 Å². The van der Waals surface area contributed by atoms with Crippen LogP contribution in [0.15, 0.2) is 42.5 Å². The van der Waals surface area contributed by atoms with E-state index in [0.29, 0.717) is 5.56 Å². The first kappa shape index (κ1) is 12.1. The number of carbonyl (C=O) groups excluding carboxylic acids is 1. The van der Waals surface area contributed by atoms with Crippen molar-refractivity contribution in [3.63, 3.8) is 0 Å². The van der Waals surface area contributed by atoms with Crippen LogP contribution in [0.25, 0.3) is 20.5 Å². The van der Waals surface area contributed by atoms with Crippen LogP contribution in [0.2, 0.25) is 0 Å². The Morgan fingerprint density at radius 2 is 2.00 bits per heavy atom. The number of thiophene rings is 1. The zero-order valence-corrected chi connectivity index (χ0v) is 11.1. The van der Waals surface area contributed by atoms with E-state index in [1.54, 1.807) is 29.5 Å². The van der Waals surface area contributed by atoms with Crippen LogP contribution in [-0.2, 0) is 0 Å². The quantitative estimate of drug-likeness (QED) is 0.610. The maximum absolute atomic E-state index is 13.3. The van der Waals surface area contributed by atoms with Gasteiger partial charge in [0, 0.05) is 15.1 Å². The molecule has 19 heavy (non-hydrogen) atoms. The summed E-state index contributed by atoms with van der Waals surface area (Å²) in [4.78, 5) is 11.9. The molecule has 3 aromatic rings. The molecule has 94 valence electrons. The third kappa shape index (κ3) is 2.06. The van der Waals surface area contributed by atoms with Crippen molar-refractivity contribution in [2.45, 2.75) is 6.92 Å². The summed E-state index contributed by atoms with van der Waals surface area (Å²) in [5, 5.41) is 0.941. The van der Waals surface area contributed by atoms with Gasteiger partial charge < -0.3 is 0 Å². The first-order valence-corrected chi connectivity index (χ1v) is 6.75. The zero-order chi connectivity index (χ0) is 13.4. The second-order valence-corrected chi connectivity index (χ2v) is 5.49. The van der Waals surface area contributed by atoms with Gasteiger partial charge in [0.1, 0.15) is 12.1 Å². The lowest BCUT2D eigenvalue weighted by molar-refractivity contribution is 0.112. The molecule has 0 saturated heterocycles. The highest BCUT2D eigenvalue weighted by Gasteiger charge is 2.11. The second kappa shape index (κ2) is 4.59. The molecule has 0 aliphatic rings. The van der Waals surface area contributed by atoms with E-state index < -0.39 is 0 Å². The number of aldehydes is 1. The summed E-state index contributed by atoms with van der Waals surface area (Å²) < 4.78 is 14.4. The monoisotopic (exact) mass is 270 g/mol. The summed E-state index contributed by atoms with van der Waals surface area (Å²) in [7, 11) is 0. The van der Waals surface area contributed by atoms with Crippen LogP contribution in [0, 0.1) is 12.7 Å². The number of halogens is 1. The highest BCUT2D eigenvalue weighted by molar-refractivity contribution is 7.22. The maximum atomic E-state index is 13.3. The third-order valence-electron chi connectivity index (χ3n) is 3.18. The normalized spacial score (nSPS) is 10.8. The smallest absolute Gasteiger partial charge is 0.150 e. The Labute approximate surface area is 114 Å². The summed E-state index contributed by atoms with van der Waals surface area (Å²) >= 11 is 1.62. The Morgan fingerprint density at radius 1 is 1.16 bits per heavy atom. The summed E-state index contributed by atoms with van der Waals surface area (Å²) in [5.41, 5.74) is 2.71. The summed E-state index contributed by atoms with van der Waals surface area (Å²) in [6, 6.07) is 12.3.